The molecule has 2 unspecified atom stereocenters. The summed E-state index contributed by atoms with van der Waals surface area (Å²) in [7, 11) is 0. The van der Waals surface area contributed by atoms with Crippen LogP contribution in [-0.2, 0) is 9.47 Å². The molecule has 0 N–H and O–H groups in total. The maximum absolute atomic E-state index is 12.2. The van der Waals surface area contributed by atoms with Gasteiger partial charge in [-0.1, -0.05) is 86.0 Å². The van der Waals surface area contributed by atoms with Gasteiger partial charge in [-0.25, -0.2) is 4.79 Å². The van der Waals surface area contributed by atoms with Crippen LogP contribution in [0.2, 0.25) is 0 Å². The lowest BCUT2D eigenvalue weighted by atomic mass is 10.1. The predicted molar refractivity (Wildman–Crippen MR) is 106 cm³/mol. The molecule has 28 heavy (non-hydrogen) atoms. The van der Waals surface area contributed by atoms with Crippen LogP contribution in [0.25, 0.3) is 0 Å². The Balaban J connectivity index is 1.89. The van der Waals surface area contributed by atoms with Crippen LogP contribution >= 0.6 is 0 Å². The van der Waals surface area contributed by atoms with E-state index in [2.05, 4.69) is 13.2 Å². The smallest absolute Gasteiger partial charge is 0.426 e. The molecule has 0 bridgehead atoms. The molecule has 0 spiro atoms. The minimum Gasteiger partial charge on any atom is -0.426 e. The Bertz CT molecular complexity index is 757. The van der Waals surface area contributed by atoms with Gasteiger partial charge in [0, 0.05) is 11.1 Å². The zero-order valence-electron chi connectivity index (χ0n) is 15.5. The molecule has 144 valence electrons. The molecule has 0 aromatic heterocycles. The predicted octanol–water partition coefficient (Wildman–Crippen LogP) is 4.79. The first-order valence-electron chi connectivity index (χ1n) is 8.82. The summed E-state index contributed by atoms with van der Waals surface area (Å²) in [5.74, 6) is -0.365. The maximum Gasteiger partial charge on any atom is 0.509 e. The molecule has 0 aliphatic heterocycles. The molecule has 2 aromatic rings. The monoisotopic (exact) mass is 378 g/mol. The number of carbonyl (C=O) groups excluding carboxylic acids is 3. The number of ketones is 2. The molecule has 5 heteroatoms. The third-order valence-corrected chi connectivity index (χ3v) is 3.99. The standard InChI is InChI=1S/C23H22O5/c1-3-19(15-21(24)17-11-7-5-8-12-17)27-23(26)28-20(4-2)16-22(25)18-13-9-6-10-14-18/h3-14,19-20H,1-2,15-16H2. The van der Waals surface area contributed by atoms with Crippen molar-refractivity contribution in [3.63, 3.8) is 0 Å². The number of rotatable bonds is 10. The highest BCUT2D eigenvalue weighted by Gasteiger charge is 2.21. The molecule has 0 saturated heterocycles. The lowest BCUT2D eigenvalue weighted by Gasteiger charge is -2.17. The normalized spacial score (nSPS) is 12.3. The van der Waals surface area contributed by atoms with E-state index in [9.17, 15) is 14.4 Å². The van der Waals surface area contributed by atoms with Crippen LogP contribution in [0, 0.1) is 0 Å². The quantitative estimate of drug-likeness (QED) is 0.338. The molecule has 2 rings (SSSR count). The van der Waals surface area contributed by atoms with Crippen molar-refractivity contribution in [2.75, 3.05) is 0 Å². The Morgan fingerprint density at radius 3 is 1.39 bits per heavy atom. The molecule has 0 saturated carbocycles. The average Bonchev–Trinajstić information content (AvgIpc) is 2.73. The van der Waals surface area contributed by atoms with E-state index in [4.69, 9.17) is 9.47 Å². The van der Waals surface area contributed by atoms with E-state index >= 15 is 0 Å². The van der Waals surface area contributed by atoms with Crippen molar-refractivity contribution >= 4 is 17.7 Å². The van der Waals surface area contributed by atoms with Crippen LogP contribution in [0.15, 0.2) is 86.0 Å². The van der Waals surface area contributed by atoms with Gasteiger partial charge in [0.1, 0.15) is 12.2 Å². The van der Waals surface area contributed by atoms with E-state index in [1.807, 2.05) is 12.1 Å². The van der Waals surface area contributed by atoms with Gasteiger partial charge in [0.25, 0.3) is 0 Å². The lowest BCUT2D eigenvalue weighted by Crippen LogP contribution is -2.25. The van der Waals surface area contributed by atoms with Crippen molar-refractivity contribution in [2.24, 2.45) is 0 Å². The SMILES string of the molecule is C=CC(CC(=O)c1ccccc1)OC(=O)OC(C=C)CC(=O)c1ccccc1. The minimum atomic E-state index is -0.989. The van der Waals surface area contributed by atoms with Crippen molar-refractivity contribution in [2.45, 2.75) is 25.0 Å². The molecule has 0 heterocycles. The summed E-state index contributed by atoms with van der Waals surface area (Å²) in [4.78, 5) is 36.5. The summed E-state index contributed by atoms with van der Waals surface area (Å²) in [5.41, 5.74) is 1.03. The van der Waals surface area contributed by atoms with E-state index < -0.39 is 18.4 Å². The van der Waals surface area contributed by atoms with Gasteiger partial charge >= 0.3 is 6.16 Å². The number of hydrogen-bond donors (Lipinski definition) is 0. The van der Waals surface area contributed by atoms with E-state index in [0.29, 0.717) is 11.1 Å². The van der Waals surface area contributed by atoms with Crippen molar-refractivity contribution < 1.29 is 23.9 Å². The molecule has 2 atom stereocenters. The van der Waals surface area contributed by atoms with Crippen molar-refractivity contribution in [3.05, 3.63) is 97.1 Å². The molecule has 2 aromatic carbocycles. The lowest BCUT2D eigenvalue weighted by molar-refractivity contribution is 0.0192. The Morgan fingerprint density at radius 1 is 0.714 bits per heavy atom. The first kappa shape index (κ1) is 20.8. The third-order valence-electron chi connectivity index (χ3n) is 3.99. The second-order valence-corrected chi connectivity index (χ2v) is 6.02. The molecule has 0 radical (unpaired) electrons. The highest BCUT2D eigenvalue weighted by molar-refractivity contribution is 5.97. The highest BCUT2D eigenvalue weighted by atomic mass is 16.7. The Labute approximate surface area is 164 Å². The summed E-state index contributed by atoms with van der Waals surface area (Å²) < 4.78 is 10.3. The summed E-state index contributed by atoms with van der Waals surface area (Å²) in [6, 6.07) is 17.4. The van der Waals surface area contributed by atoms with Crippen LogP contribution in [0.1, 0.15) is 33.6 Å². The fraction of sp³-hybridized carbons (Fsp3) is 0.174. The summed E-state index contributed by atoms with van der Waals surface area (Å²) in [5, 5.41) is 0. The topological polar surface area (TPSA) is 69.7 Å². The van der Waals surface area contributed by atoms with E-state index in [1.54, 1.807) is 48.5 Å². The molecule has 0 aliphatic rings. The van der Waals surface area contributed by atoms with Crippen molar-refractivity contribution in [1.29, 1.82) is 0 Å². The summed E-state index contributed by atoms with van der Waals surface area (Å²) in [6.07, 6.45) is -0.0444. The zero-order chi connectivity index (χ0) is 20.4. The second-order valence-electron chi connectivity index (χ2n) is 6.02. The van der Waals surface area contributed by atoms with Gasteiger partial charge in [-0.05, 0) is 0 Å². The van der Waals surface area contributed by atoms with Gasteiger partial charge < -0.3 is 9.47 Å². The van der Waals surface area contributed by atoms with E-state index in [0.717, 1.165) is 0 Å². The zero-order valence-corrected chi connectivity index (χ0v) is 15.5. The fourth-order valence-electron chi connectivity index (χ4n) is 2.47. The van der Waals surface area contributed by atoms with Gasteiger partial charge in [0.05, 0.1) is 12.8 Å². The Morgan fingerprint density at radius 2 is 1.07 bits per heavy atom. The first-order valence-corrected chi connectivity index (χ1v) is 8.82. The molecule has 0 fully saturated rings. The first-order chi connectivity index (χ1) is 13.5. The Kier molecular flexibility index (Phi) is 7.91. The molecule has 0 aliphatic carbocycles. The summed E-state index contributed by atoms with van der Waals surface area (Å²) >= 11 is 0. The minimum absolute atomic E-state index is 0.0513. The maximum atomic E-state index is 12.2. The largest absolute Gasteiger partial charge is 0.509 e. The molecular formula is C23H22O5. The van der Waals surface area contributed by atoms with Gasteiger partial charge in [-0.3, -0.25) is 9.59 Å². The molecule has 5 nitrogen and oxygen atoms in total. The molecular weight excluding hydrogens is 356 g/mol. The number of ether oxygens (including phenoxy) is 2. The van der Waals surface area contributed by atoms with Crippen molar-refractivity contribution in [3.8, 4) is 0 Å². The van der Waals surface area contributed by atoms with Crippen LogP contribution in [0.3, 0.4) is 0 Å². The van der Waals surface area contributed by atoms with Crippen LogP contribution in [-0.4, -0.2) is 29.9 Å². The highest BCUT2D eigenvalue weighted by Crippen LogP contribution is 2.13. The van der Waals surface area contributed by atoms with Gasteiger partial charge in [0.15, 0.2) is 11.6 Å². The number of benzene rings is 2. The van der Waals surface area contributed by atoms with Gasteiger partial charge in [-0.2, -0.15) is 0 Å². The second kappa shape index (κ2) is 10.6. The summed E-state index contributed by atoms with van der Waals surface area (Å²) in [6.45, 7) is 7.18. The number of Topliss-reactive ketones (excluding diaryl/α,β-unsaturated/α-hetero) is 2. The van der Waals surface area contributed by atoms with Gasteiger partial charge in [0.2, 0.25) is 0 Å². The van der Waals surface area contributed by atoms with Crippen LogP contribution in [0.4, 0.5) is 4.79 Å². The Hall–Kier alpha value is -3.47. The van der Waals surface area contributed by atoms with E-state index in [1.165, 1.54) is 12.2 Å². The molecule has 0 amide bonds. The number of carbonyl (C=O) groups is 3. The third kappa shape index (κ3) is 6.36. The van der Waals surface area contributed by atoms with Crippen molar-refractivity contribution in [1.82, 2.24) is 0 Å². The van der Waals surface area contributed by atoms with Crippen LogP contribution < -0.4 is 0 Å². The van der Waals surface area contributed by atoms with Crippen LogP contribution in [0.5, 0.6) is 0 Å². The fourth-order valence-corrected chi connectivity index (χ4v) is 2.47. The van der Waals surface area contributed by atoms with E-state index in [-0.39, 0.29) is 24.4 Å². The number of hydrogen-bond acceptors (Lipinski definition) is 5. The average molecular weight is 378 g/mol. The van der Waals surface area contributed by atoms with Gasteiger partial charge in [-0.15, -0.1) is 0 Å².